The fourth-order valence-corrected chi connectivity index (χ4v) is 11.1. The van der Waals surface area contributed by atoms with Crippen molar-refractivity contribution in [3.63, 3.8) is 0 Å². The van der Waals surface area contributed by atoms with Gasteiger partial charge in [-0.3, -0.25) is 14.3 Å². The molecule has 0 bridgehead atoms. The molecule has 216 valence electrons. The highest BCUT2D eigenvalue weighted by Crippen LogP contribution is 2.40. The van der Waals surface area contributed by atoms with Crippen molar-refractivity contribution in [1.82, 2.24) is 4.57 Å². The predicted octanol–water partition coefficient (Wildman–Crippen LogP) is 4.76. The van der Waals surface area contributed by atoms with Gasteiger partial charge in [-0.2, -0.15) is 8.42 Å². The normalized spacial score (nSPS) is 20.0. The van der Waals surface area contributed by atoms with E-state index in [0.717, 1.165) is 16.6 Å². The van der Waals surface area contributed by atoms with Crippen LogP contribution in [-0.4, -0.2) is 51.3 Å². The fraction of sp³-hybridized carbons (Fsp3) is 0.333. The molecule has 1 aromatic heterocycles. The smallest absolute Gasteiger partial charge is 0.278 e. The summed E-state index contributed by atoms with van der Waals surface area (Å²) in [6.07, 6.45) is 0.875. The molecule has 0 spiro atoms. The van der Waals surface area contributed by atoms with Crippen molar-refractivity contribution in [2.24, 2.45) is 0 Å². The highest BCUT2D eigenvalue weighted by Gasteiger charge is 2.51. The lowest BCUT2D eigenvalue weighted by atomic mass is 10.2. The van der Waals surface area contributed by atoms with E-state index in [2.05, 4.69) is 45.0 Å². The number of hydrogen-bond acceptors (Lipinski definition) is 7. The number of nitro benzene ring substituents is 1. The lowest BCUT2D eigenvalue weighted by Crippen LogP contribution is -2.67. The summed E-state index contributed by atoms with van der Waals surface area (Å²) in [4.78, 5) is 11.1. The first-order chi connectivity index (χ1) is 19.4. The van der Waals surface area contributed by atoms with E-state index in [1.165, 1.54) is 6.07 Å². The summed E-state index contributed by atoms with van der Waals surface area (Å²) in [5, 5.41) is 14.0. The number of fused-ring (bicyclic) bond motifs is 1. The molecule has 3 aromatic carbocycles. The van der Waals surface area contributed by atoms with Crippen LogP contribution in [0.1, 0.15) is 33.4 Å². The van der Waals surface area contributed by atoms with Crippen molar-refractivity contribution in [1.29, 1.82) is 0 Å². The van der Waals surface area contributed by atoms with Crippen LogP contribution in [0.5, 0.6) is 0 Å². The van der Waals surface area contributed by atoms with Crippen molar-refractivity contribution in [3.8, 4) is 0 Å². The molecule has 0 amide bonds. The zero-order valence-electron chi connectivity index (χ0n) is 23.5. The van der Waals surface area contributed by atoms with Gasteiger partial charge in [-0.05, 0) is 27.5 Å². The van der Waals surface area contributed by atoms with Gasteiger partial charge in [0, 0.05) is 18.7 Å². The van der Waals surface area contributed by atoms with E-state index in [1.54, 1.807) is 29.0 Å². The first kappa shape index (κ1) is 29.1. The molecule has 0 unspecified atom stereocenters. The molecule has 1 saturated heterocycles. The van der Waals surface area contributed by atoms with Crippen molar-refractivity contribution >= 4 is 45.4 Å². The Labute approximate surface area is 241 Å². The van der Waals surface area contributed by atoms with Crippen LogP contribution < -0.4 is 10.4 Å². The predicted molar refractivity (Wildman–Crippen MR) is 160 cm³/mol. The second-order valence-corrected chi connectivity index (χ2v) is 17.3. The van der Waals surface area contributed by atoms with Gasteiger partial charge in [0.1, 0.15) is 18.4 Å². The van der Waals surface area contributed by atoms with E-state index in [9.17, 15) is 18.5 Å². The molecule has 0 saturated carbocycles. The Kier molecular flexibility index (Phi) is 7.92. The second kappa shape index (κ2) is 11.1. The van der Waals surface area contributed by atoms with E-state index < -0.39 is 41.8 Å². The van der Waals surface area contributed by atoms with Crippen LogP contribution in [0.25, 0.3) is 10.9 Å². The van der Waals surface area contributed by atoms with Gasteiger partial charge in [0.25, 0.3) is 24.1 Å². The average molecular weight is 595 g/mol. The first-order valence-electron chi connectivity index (χ1n) is 13.4. The number of ether oxygens (including phenoxy) is 1. The lowest BCUT2D eigenvalue weighted by Gasteiger charge is -2.43. The van der Waals surface area contributed by atoms with Crippen LogP contribution in [0.2, 0.25) is 5.04 Å². The molecule has 41 heavy (non-hydrogen) atoms. The minimum Gasteiger partial charge on any atom is -0.405 e. The molecule has 0 aliphatic carbocycles. The monoisotopic (exact) mass is 594 g/mol. The Morgan fingerprint density at radius 1 is 0.976 bits per heavy atom. The van der Waals surface area contributed by atoms with Crippen molar-refractivity contribution < 1.29 is 26.7 Å². The summed E-state index contributed by atoms with van der Waals surface area (Å²) in [5.41, 5.74) is 0.616. The van der Waals surface area contributed by atoms with Gasteiger partial charge in [0.2, 0.25) is 0 Å². The Bertz CT molecular complexity index is 1600. The van der Waals surface area contributed by atoms with Gasteiger partial charge in [0.05, 0.1) is 28.7 Å². The summed E-state index contributed by atoms with van der Waals surface area (Å²) >= 11 is 0. The molecule has 1 fully saturated rings. The molecular formula is C30H34N2O7SSi. The van der Waals surface area contributed by atoms with Gasteiger partial charge < -0.3 is 13.7 Å². The number of aromatic nitrogens is 1. The van der Waals surface area contributed by atoms with Crippen LogP contribution in [0.3, 0.4) is 0 Å². The molecule has 0 N–H and O–H groups in total. The van der Waals surface area contributed by atoms with Crippen molar-refractivity contribution in [3.05, 3.63) is 101 Å². The maximum absolute atomic E-state index is 12.3. The third kappa shape index (κ3) is 5.73. The summed E-state index contributed by atoms with van der Waals surface area (Å²) < 4.78 is 45.4. The third-order valence-electron chi connectivity index (χ3n) is 7.61. The lowest BCUT2D eigenvalue weighted by molar-refractivity contribution is -0.383. The topological polar surface area (TPSA) is 110 Å². The highest BCUT2D eigenvalue weighted by atomic mass is 32.2. The van der Waals surface area contributed by atoms with Crippen LogP contribution in [0.4, 0.5) is 5.69 Å². The Morgan fingerprint density at radius 3 is 2.12 bits per heavy atom. The Morgan fingerprint density at radius 2 is 1.59 bits per heavy atom. The first-order valence-corrected chi connectivity index (χ1v) is 17.2. The molecular weight excluding hydrogens is 560 g/mol. The SMILES string of the molecule is CC(C)(C)[Si](OC[C@H]1O[C@H](n2ccc3c([N+](=O)[O-])cccc32)C[C@@H]1OS(C)(=O)=O)(c1ccccc1)c1ccccc1. The Balaban J connectivity index is 1.52. The molecule has 1 aliphatic rings. The van der Waals surface area contributed by atoms with Gasteiger partial charge >= 0.3 is 0 Å². The number of benzene rings is 3. The number of rotatable bonds is 9. The molecule has 9 nitrogen and oxygen atoms in total. The second-order valence-electron chi connectivity index (χ2n) is 11.4. The van der Waals surface area contributed by atoms with Gasteiger partial charge in [-0.15, -0.1) is 0 Å². The molecule has 11 heteroatoms. The standard InChI is InChI=1S/C30H34N2O7SSi/c1-30(2,3)41(22-12-7-5-8-13-22,23-14-9-6-10-15-23)37-21-28-27(39-40(4,35)36)20-29(38-28)31-19-18-24-25(31)16-11-17-26(24)32(33)34/h5-19,27-29H,20-21H2,1-4H3/t27-,28+,29-/m0/s1. The van der Waals surface area contributed by atoms with Crippen molar-refractivity contribution in [2.45, 2.75) is 50.7 Å². The van der Waals surface area contributed by atoms with Crippen molar-refractivity contribution in [2.75, 3.05) is 12.9 Å². The van der Waals surface area contributed by atoms with Gasteiger partial charge in [-0.1, -0.05) is 87.5 Å². The van der Waals surface area contributed by atoms with Gasteiger partial charge in [-0.25, -0.2) is 0 Å². The Hall–Kier alpha value is -3.35. The third-order valence-corrected chi connectivity index (χ3v) is 13.2. The zero-order chi connectivity index (χ0) is 29.4. The largest absolute Gasteiger partial charge is 0.405 e. The molecule has 2 heterocycles. The van der Waals surface area contributed by atoms with Crippen LogP contribution in [-0.2, 0) is 23.5 Å². The molecule has 0 radical (unpaired) electrons. The summed E-state index contributed by atoms with van der Waals surface area (Å²) in [5.74, 6) is 0. The highest BCUT2D eigenvalue weighted by molar-refractivity contribution is 7.86. The van der Waals surface area contributed by atoms with E-state index >= 15 is 0 Å². The van der Waals surface area contributed by atoms with E-state index in [-0.39, 0.29) is 23.8 Å². The maximum Gasteiger partial charge on any atom is 0.278 e. The molecule has 5 rings (SSSR count). The van der Waals surface area contributed by atoms with E-state index in [4.69, 9.17) is 13.3 Å². The molecule has 1 aliphatic heterocycles. The average Bonchev–Trinajstić information content (AvgIpc) is 3.52. The zero-order valence-corrected chi connectivity index (χ0v) is 25.3. The number of nitro groups is 1. The summed E-state index contributed by atoms with van der Waals surface area (Å²) in [7, 11) is -6.73. The maximum atomic E-state index is 12.3. The summed E-state index contributed by atoms with van der Waals surface area (Å²) in [6, 6.07) is 26.9. The molecule has 4 aromatic rings. The fourth-order valence-electron chi connectivity index (χ4n) is 5.90. The van der Waals surface area contributed by atoms with Gasteiger partial charge in [0.15, 0.2) is 0 Å². The van der Waals surface area contributed by atoms with E-state index in [0.29, 0.717) is 10.9 Å². The van der Waals surface area contributed by atoms with Crippen LogP contribution in [0.15, 0.2) is 91.1 Å². The minimum atomic E-state index is -3.80. The number of non-ortho nitro benzene ring substituents is 1. The summed E-state index contributed by atoms with van der Waals surface area (Å²) in [6.45, 7) is 6.60. The number of hydrogen-bond donors (Lipinski definition) is 0. The van der Waals surface area contributed by atoms with E-state index in [1.807, 2.05) is 36.4 Å². The quantitative estimate of drug-likeness (QED) is 0.119. The minimum absolute atomic E-state index is 0.00486. The van der Waals surface area contributed by atoms with Crippen LogP contribution in [0, 0.1) is 10.1 Å². The van der Waals surface area contributed by atoms with Crippen LogP contribution >= 0.6 is 0 Å². The number of nitrogens with zero attached hydrogens (tertiary/aromatic N) is 2. The molecule has 3 atom stereocenters.